The van der Waals surface area contributed by atoms with Crippen molar-refractivity contribution >= 4 is 34.5 Å². The molecule has 0 saturated carbocycles. The number of para-hydroxylation sites is 1. The van der Waals surface area contributed by atoms with Crippen molar-refractivity contribution in [1.29, 1.82) is 0 Å². The van der Waals surface area contributed by atoms with Crippen LogP contribution in [0.25, 0.3) is 0 Å². The van der Waals surface area contributed by atoms with Gasteiger partial charge in [0.15, 0.2) is 0 Å². The second kappa shape index (κ2) is 9.04. The summed E-state index contributed by atoms with van der Waals surface area (Å²) in [7, 11) is 0. The van der Waals surface area contributed by atoms with Crippen LogP contribution < -0.4 is 5.32 Å². The Morgan fingerprint density at radius 3 is 2.34 bits per heavy atom. The minimum atomic E-state index is -4.55. The maximum absolute atomic E-state index is 13.0. The summed E-state index contributed by atoms with van der Waals surface area (Å²) in [4.78, 5) is 41.1. The minimum absolute atomic E-state index is 0.0561. The van der Waals surface area contributed by atoms with E-state index in [0.29, 0.717) is 38.5 Å². The summed E-state index contributed by atoms with van der Waals surface area (Å²) in [5.74, 6) is 0.0113. The molecule has 0 radical (unpaired) electrons. The molecule has 0 bridgehead atoms. The van der Waals surface area contributed by atoms with Gasteiger partial charge in [0.2, 0.25) is 11.8 Å². The Balaban J connectivity index is 1.47. The van der Waals surface area contributed by atoms with Gasteiger partial charge in [0.25, 0.3) is 5.24 Å². The fourth-order valence-corrected chi connectivity index (χ4v) is 4.04. The lowest BCUT2D eigenvalue weighted by atomic mass is 10.1. The summed E-state index contributed by atoms with van der Waals surface area (Å²) in [5, 5.41) is 2.23. The van der Waals surface area contributed by atoms with E-state index in [1.807, 2.05) is 0 Å². The summed E-state index contributed by atoms with van der Waals surface area (Å²) in [6, 6.07) is 4.83. The molecule has 0 unspecified atom stereocenters. The molecule has 29 heavy (non-hydrogen) atoms. The van der Waals surface area contributed by atoms with E-state index in [0.717, 1.165) is 6.07 Å². The molecule has 2 fully saturated rings. The van der Waals surface area contributed by atoms with Crippen LogP contribution in [-0.2, 0) is 15.8 Å². The first-order chi connectivity index (χ1) is 13.7. The van der Waals surface area contributed by atoms with E-state index in [4.69, 9.17) is 0 Å². The lowest BCUT2D eigenvalue weighted by Gasteiger charge is -2.35. The lowest BCUT2D eigenvalue weighted by molar-refractivity contribution is -0.137. The zero-order chi connectivity index (χ0) is 21.0. The van der Waals surface area contributed by atoms with Gasteiger partial charge in [-0.1, -0.05) is 23.9 Å². The van der Waals surface area contributed by atoms with Crippen molar-refractivity contribution in [2.24, 2.45) is 0 Å². The number of benzene rings is 1. The molecule has 0 aliphatic carbocycles. The van der Waals surface area contributed by atoms with Gasteiger partial charge in [-0.3, -0.25) is 19.3 Å². The number of amides is 3. The SMILES string of the molecule is O=C(CN1CCN(C(=O)CN2CCSC2=O)CC1)Nc1ccccc1C(F)(F)F. The number of piperazine rings is 1. The minimum Gasteiger partial charge on any atom is -0.339 e. The van der Waals surface area contributed by atoms with Gasteiger partial charge in [-0.25, -0.2) is 0 Å². The van der Waals surface area contributed by atoms with E-state index >= 15 is 0 Å². The molecule has 2 aliphatic rings. The van der Waals surface area contributed by atoms with Crippen molar-refractivity contribution in [3.63, 3.8) is 0 Å². The normalized spacial score (nSPS) is 18.2. The fourth-order valence-electron chi connectivity index (χ4n) is 3.22. The molecule has 0 aromatic heterocycles. The van der Waals surface area contributed by atoms with E-state index in [2.05, 4.69) is 5.32 Å². The zero-order valence-electron chi connectivity index (χ0n) is 15.6. The van der Waals surface area contributed by atoms with Gasteiger partial charge in [0, 0.05) is 38.5 Å². The number of halogens is 3. The highest BCUT2D eigenvalue weighted by Crippen LogP contribution is 2.34. The van der Waals surface area contributed by atoms with Crippen molar-refractivity contribution in [2.45, 2.75) is 6.18 Å². The van der Waals surface area contributed by atoms with Crippen molar-refractivity contribution in [1.82, 2.24) is 14.7 Å². The number of hydrogen-bond donors (Lipinski definition) is 1. The smallest absolute Gasteiger partial charge is 0.339 e. The number of carbonyl (C=O) groups excluding carboxylic acids is 3. The maximum atomic E-state index is 13.0. The molecule has 2 saturated heterocycles. The average Bonchev–Trinajstić information content (AvgIpc) is 3.06. The van der Waals surface area contributed by atoms with Gasteiger partial charge in [-0.15, -0.1) is 0 Å². The van der Waals surface area contributed by atoms with Crippen LogP contribution in [0, 0.1) is 0 Å². The number of nitrogens with one attached hydrogen (secondary N) is 1. The molecule has 1 aromatic rings. The van der Waals surface area contributed by atoms with Crippen LogP contribution in [-0.4, -0.2) is 83.3 Å². The molecule has 7 nitrogen and oxygen atoms in total. The maximum Gasteiger partial charge on any atom is 0.418 e. The van der Waals surface area contributed by atoms with Gasteiger partial charge in [-0.05, 0) is 12.1 Å². The summed E-state index contributed by atoms with van der Waals surface area (Å²) in [6.07, 6.45) is -4.55. The molecule has 1 aromatic carbocycles. The third-order valence-electron chi connectivity index (χ3n) is 4.77. The first-order valence-electron chi connectivity index (χ1n) is 9.12. The monoisotopic (exact) mass is 430 g/mol. The summed E-state index contributed by atoms with van der Waals surface area (Å²) < 4.78 is 39.1. The molecular weight excluding hydrogens is 409 g/mol. The first kappa shape index (κ1) is 21.4. The molecule has 1 N–H and O–H groups in total. The summed E-state index contributed by atoms with van der Waals surface area (Å²) >= 11 is 1.20. The van der Waals surface area contributed by atoms with E-state index in [1.54, 1.807) is 9.80 Å². The highest BCUT2D eigenvalue weighted by Gasteiger charge is 2.34. The highest BCUT2D eigenvalue weighted by molar-refractivity contribution is 8.13. The van der Waals surface area contributed by atoms with Crippen molar-refractivity contribution in [3.8, 4) is 0 Å². The average molecular weight is 430 g/mol. The number of anilines is 1. The van der Waals surface area contributed by atoms with Crippen molar-refractivity contribution in [2.75, 3.05) is 56.9 Å². The van der Waals surface area contributed by atoms with Gasteiger partial charge >= 0.3 is 6.18 Å². The van der Waals surface area contributed by atoms with Gasteiger partial charge in [0.1, 0.15) is 6.54 Å². The summed E-state index contributed by atoms with van der Waals surface area (Å²) in [5.41, 5.74) is -1.16. The number of nitrogens with zero attached hydrogens (tertiary/aromatic N) is 3. The van der Waals surface area contributed by atoms with Gasteiger partial charge in [-0.2, -0.15) is 13.2 Å². The van der Waals surface area contributed by atoms with Crippen molar-refractivity contribution < 1.29 is 27.6 Å². The fraction of sp³-hybridized carbons (Fsp3) is 0.500. The van der Waals surface area contributed by atoms with Crippen LogP contribution in [0.15, 0.2) is 24.3 Å². The third-order valence-corrected chi connectivity index (χ3v) is 5.66. The Bertz CT molecular complexity index is 782. The van der Waals surface area contributed by atoms with E-state index in [-0.39, 0.29) is 29.9 Å². The summed E-state index contributed by atoms with van der Waals surface area (Å²) in [6.45, 7) is 2.23. The molecule has 158 valence electrons. The Hall–Kier alpha value is -2.27. The second-order valence-corrected chi connectivity index (χ2v) is 7.83. The molecule has 3 amide bonds. The standard InChI is InChI=1S/C18H21F3N4O3S/c19-18(20,21)13-3-1-2-4-14(13)22-15(26)11-23-5-7-24(8-6-23)16(27)12-25-9-10-29-17(25)28/h1-4H,5-12H2,(H,22,26). The predicted molar refractivity (Wildman–Crippen MR) is 103 cm³/mol. The first-order valence-corrected chi connectivity index (χ1v) is 10.1. The topological polar surface area (TPSA) is 73.0 Å². The van der Waals surface area contributed by atoms with Crippen LogP contribution in [0.3, 0.4) is 0 Å². The quantitative estimate of drug-likeness (QED) is 0.773. The zero-order valence-corrected chi connectivity index (χ0v) is 16.4. The Morgan fingerprint density at radius 1 is 1.03 bits per heavy atom. The Labute approximate surface area is 170 Å². The van der Waals surface area contributed by atoms with Crippen LogP contribution in [0.1, 0.15) is 5.56 Å². The lowest BCUT2D eigenvalue weighted by Crippen LogP contribution is -2.52. The molecule has 0 atom stereocenters. The highest BCUT2D eigenvalue weighted by atomic mass is 32.2. The molecule has 3 rings (SSSR count). The predicted octanol–water partition coefficient (Wildman–Crippen LogP) is 1.96. The number of hydrogen-bond acceptors (Lipinski definition) is 5. The number of carbonyl (C=O) groups is 3. The number of alkyl halides is 3. The molecule has 11 heteroatoms. The Kier molecular flexibility index (Phi) is 6.68. The number of thioether (sulfide) groups is 1. The van der Waals surface area contributed by atoms with Crippen molar-refractivity contribution in [3.05, 3.63) is 29.8 Å². The van der Waals surface area contributed by atoms with Crippen LogP contribution in [0.5, 0.6) is 0 Å². The van der Waals surface area contributed by atoms with Crippen LogP contribution in [0.4, 0.5) is 23.7 Å². The second-order valence-electron chi connectivity index (χ2n) is 6.78. The number of rotatable bonds is 5. The largest absolute Gasteiger partial charge is 0.418 e. The molecule has 2 heterocycles. The van der Waals surface area contributed by atoms with Crippen LogP contribution >= 0.6 is 11.8 Å². The molecular formula is C18H21F3N4O3S. The third kappa shape index (κ3) is 5.63. The van der Waals surface area contributed by atoms with E-state index in [9.17, 15) is 27.6 Å². The molecule has 2 aliphatic heterocycles. The van der Waals surface area contributed by atoms with Crippen LogP contribution in [0.2, 0.25) is 0 Å². The van der Waals surface area contributed by atoms with E-state index < -0.39 is 17.6 Å². The Morgan fingerprint density at radius 2 is 1.72 bits per heavy atom. The van der Waals surface area contributed by atoms with E-state index in [1.165, 1.54) is 34.9 Å². The van der Waals surface area contributed by atoms with Gasteiger partial charge < -0.3 is 15.1 Å². The molecule has 0 spiro atoms. The van der Waals surface area contributed by atoms with Gasteiger partial charge in [0.05, 0.1) is 17.8 Å².